The largest absolute Gasteiger partial charge is 0.370 e. The Morgan fingerprint density at radius 3 is 2.43 bits per heavy atom. The molecule has 1 aromatic carbocycles. The summed E-state index contributed by atoms with van der Waals surface area (Å²) < 4.78 is 1.97. The maximum absolute atomic E-state index is 6.06. The number of hydrogen-bond acceptors (Lipinski definition) is 2. The van der Waals surface area contributed by atoms with Gasteiger partial charge in [-0.1, -0.05) is 18.2 Å². The van der Waals surface area contributed by atoms with E-state index in [0.29, 0.717) is 12.5 Å². The van der Waals surface area contributed by atoms with Gasteiger partial charge in [0, 0.05) is 18.8 Å². The summed E-state index contributed by atoms with van der Waals surface area (Å²) >= 11 is 0. The van der Waals surface area contributed by atoms with Gasteiger partial charge in [0.25, 0.3) is 0 Å². The number of benzene rings is 1. The van der Waals surface area contributed by atoms with E-state index in [-0.39, 0.29) is 24.0 Å². The Balaban J connectivity index is 0.00000264. The predicted molar refractivity (Wildman–Crippen MR) is 107 cm³/mol. The van der Waals surface area contributed by atoms with Crippen molar-refractivity contribution in [1.82, 2.24) is 14.7 Å². The quantitative estimate of drug-likeness (QED) is 0.453. The second-order valence-corrected chi connectivity index (χ2v) is 5.31. The van der Waals surface area contributed by atoms with Crippen LogP contribution in [-0.2, 0) is 6.54 Å². The normalized spacial score (nSPS) is 11.2. The van der Waals surface area contributed by atoms with Crippen LogP contribution in [0.15, 0.2) is 35.3 Å². The molecule has 0 aliphatic carbocycles. The van der Waals surface area contributed by atoms with Crippen LogP contribution in [0.4, 0.5) is 0 Å². The summed E-state index contributed by atoms with van der Waals surface area (Å²) in [5.74, 6) is 0.591. The topological polar surface area (TPSA) is 59.4 Å². The van der Waals surface area contributed by atoms with Gasteiger partial charge in [-0.25, -0.2) is 9.67 Å². The zero-order valence-electron chi connectivity index (χ0n) is 14.3. The molecule has 2 rings (SSSR count). The third-order valence-electron chi connectivity index (χ3n) is 3.73. The lowest BCUT2D eigenvalue weighted by Crippen LogP contribution is -2.37. The molecule has 0 amide bonds. The molecule has 6 heteroatoms. The molecule has 0 unspecified atom stereocenters. The molecule has 0 spiro atoms. The SMILES string of the molecule is CCN(CC)C(N)=NCc1ccccc1-n1nc(C)cc1C.I. The van der Waals surface area contributed by atoms with Gasteiger partial charge in [-0.15, -0.1) is 24.0 Å². The smallest absolute Gasteiger partial charge is 0.191 e. The van der Waals surface area contributed by atoms with Crippen LogP contribution >= 0.6 is 24.0 Å². The fourth-order valence-electron chi connectivity index (χ4n) is 2.54. The molecule has 0 aliphatic rings. The summed E-state index contributed by atoms with van der Waals surface area (Å²) in [6, 6.07) is 10.3. The first-order valence-corrected chi connectivity index (χ1v) is 7.73. The van der Waals surface area contributed by atoms with Gasteiger partial charge in [-0.05, 0) is 45.4 Å². The molecular formula is C17H26IN5. The highest BCUT2D eigenvalue weighted by Crippen LogP contribution is 2.17. The Labute approximate surface area is 155 Å². The Morgan fingerprint density at radius 2 is 1.87 bits per heavy atom. The maximum atomic E-state index is 6.06. The van der Waals surface area contributed by atoms with E-state index in [4.69, 9.17) is 5.73 Å². The molecule has 23 heavy (non-hydrogen) atoms. The maximum Gasteiger partial charge on any atom is 0.191 e. The van der Waals surface area contributed by atoms with Gasteiger partial charge >= 0.3 is 0 Å². The number of nitrogens with two attached hydrogens (primary N) is 1. The molecular weight excluding hydrogens is 401 g/mol. The Kier molecular flexibility index (Phi) is 7.54. The van der Waals surface area contributed by atoms with Crippen molar-refractivity contribution in [3.8, 4) is 5.69 Å². The summed E-state index contributed by atoms with van der Waals surface area (Å²) in [4.78, 5) is 6.59. The highest BCUT2D eigenvalue weighted by molar-refractivity contribution is 14.0. The minimum Gasteiger partial charge on any atom is -0.370 e. The Bertz CT molecular complexity index is 659. The van der Waals surface area contributed by atoms with Crippen LogP contribution in [0.3, 0.4) is 0 Å². The summed E-state index contributed by atoms with van der Waals surface area (Å²) in [7, 11) is 0. The Morgan fingerprint density at radius 1 is 1.22 bits per heavy atom. The second-order valence-electron chi connectivity index (χ2n) is 5.31. The van der Waals surface area contributed by atoms with Crippen molar-refractivity contribution in [1.29, 1.82) is 0 Å². The Hall–Kier alpha value is -1.57. The summed E-state index contributed by atoms with van der Waals surface area (Å²) in [5.41, 5.74) is 10.4. The highest BCUT2D eigenvalue weighted by Gasteiger charge is 2.09. The van der Waals surface area contributed by atoms with Crippen LogP contribution in [0.2, 0.25) is 0 Å². The predicted octanol–water partition coefficient (Wildman–Crippen LogP) is 3.26. The van der Waals surface area contributed by atoms with Crippen LogP contribution in [0.25, 0.3) is 5.69 Å². The zero-order chi connectivity index (χ0) is 16.1. The highest BCUT2D eigenvalue weighted by atomic mass is 127. The van der Waals surface area contributed by atoms with Gasteiger partial charge in [0.15, 0.2) is 5.96 Å². The molecule has 0 atom stereocenters. The number of halogens is 1. The number of aliphatic imine (C=N–C) groups is 1. The van der Waals surface area contributed by atoms with E-state index in [1.807, 2.05) is 28.6 Å². The lowest BCUT2D eigenvalue weighted by Gasteiger charge is -2.19. The second kappa shape index (κ2) is 8.90. The van der Waals surface area contributed by atoms with Crippen molar-refractivity contribution in [3.63, 3.8) is 0 Å². The molecule has 2 aromatic rings. The molecule has 126 valence electrons. The van der Waals surface area contributed by atoms with Gasteiger partial charge in [0.2, 0.25) is 0 Å². The van der Waals surface area contributed by atoms with E-state index in [9.17, 15) is 0 Å². The average Bonchev–Trinajstić information content (AvgIpc) is 2.85. The third-order valence-corrected chi connectivity index (χ3v) is 3.73. The van der Waals surface area contributed by atoms with Gasteiger partial charge in [0.05, 0.1) is 17.9 Å². The summed E-state index contributed by atoms with van der Waals surface area (Å²) in [5, 5.41) is 4.56. The fraction of sp³-hybridized carbons (Fsp3) is 0.412. The number of para-hydroxylation sites is 1. The van der Waals surface area contributed by atoms with E-state index in [0.717, 1.165) is 35.7 Å². The molecule has 0 aliphatic heterocycles. The minimum absolute atomic E-state index is 0. The van der Waals surface area contributed by atoms with E-state index < -0.39 is 0 Å². The van der Waals surface area contributed by atoms with Crippen LogP contribution < -0.4 is 5.73 Å². The van der Waals surface area contributed by atoms with Crippen molar-refractivity contribution in [2.75, 3.05) is 13.1 Å². The van der Waals surface area contributed by atoms with Gasteiger partial charge in [-0.3, -0.25) is 0 Å². The summed E-state index contributed by atoms with van der Waals surface area (Å²) in [6.07, 6.45) is 0. The molecule has 0 saturated heterocycles. The van der Waals surface area contributed by atoms with Crippen LogP contribution in [-0.4, -0.2) is 33.7 Å². The fourth-order valence-corrected chi connectivity index (χ4v) is 2.54. The van der Waals surface area contributed by atoms with Gasteiger partial charge in [-0.2, -0.15) is 5.10 Å². The molecule has 0 fully saturated rings. The zero-order valence-corrected chi connectivity index (χ0v) is 16.6. The standard InChI is InChI=1S/C17H25N5.HI/c1-5-21(6-2)17(18)19-12-15-9-7-8-10-16(15)22-14(4)11-13(3)20-22;/h7-11H,5-6,12H2,1-4H3,(H2,18,19);1H. The number of aryl methyl sites for hydroxylation is 2. The number of guanidine groups is 1. The van der Waals surface area contributed by atoms with E-state index in [2.05, 4.69) is 49.1 Å². The molecule has 2 N–H and O–H groups in total. The summed E-state index contributed by atoms with van der Waals surface area (Å²) in [6.45, 7) is 10.5. The van der Waals surface area contributed by atoms with Gasteiger partial charge in [0.1, 0.15) is 0 Å². The van der Waals surface area contributed by atoms with Crippen LogP contribution in [0.1, 0.15) is 30.8 Å². The number of aromatic nitrogens is 2. The molecule has 1 heterocycles. The lowest BCUT2D eigenvalue weighted by molar-refractivity contribution is 0.458. The van der Waals surface area contributed by atoms with E-state index >= 15 is 0 Å². The molecule has 0 radical (unpaired) electrons. The van der Waals surface area contributed by atoms with E-state index in [1.54, 1.807) is 0 Å². The first-order chi connectivity index (χ1) is 10.6. The number of nitrogens with zero attached hydrogens (tertiary/aromatic N) is 4. The van der Waals surface area contributed by atoms with Crippen molar-refractivity contribution < 1.29 is 0 Å². The van der Waals surface area contributed by atoms with Crippen molar-refractivity contribution in [2.24, 2.45) is 10.7 Å². The molecule has 0 bridgehead atoms. The first-order valence-electron chi connectivity index (χ1n) is 7.73. The number of rotatable bonds is 5. The van der Waals surface area contributed by atoms with Crippen molar-refractivity contribution in [3.05, 3.63) is 47.3 Å². The lowest BCUT2D eigenvalue weighted by atomic mass is 10.2. The number of hydrogen-bond donors (Lipinski definition) is 1. The van der Waals surface area contributed by atoms with E-state index in [1.165, 1.54) is 0 Å². The van der Waals surface area contributed by atoms with Crippen LogP contribution in [0.5, 0.6) is 0 Å². The van der Waals surface area contributed by atoms with Crippen molar-refractivity contribution in [2.45, 2.75) is 34.2 Å². The molecule has 1 aromatic heterocycles. The first kappa shape index (κ1) is 19.5. The average molecular weight is 427 g/mol. The minimum atomic E-state index is 0. The monoisotopic (exact) mass is 427 g/mol. The van der Waals surface area contributed by atoms with Gasteiger partial charge < -0.3 is 10.6 Å². The van der Waals surface area contributed by atoms with Crippen molar-refractivity contribution >= 4 is 29.9 Å². The molecule has 5 nitrogen and oxygen atoms in total. The van der Waals surface area contributed by atoms with Crippen LogP contribution in [0, 0.1) is 13.8 Å². The third kappa shape index (κ3) is 4.70. The molecule has 0 saturated carbocycles.